The molecule has 5 heteroatoms. The lowest BCUT2D eigenvalue weighted by atomic mass is 9.75. The van der Waals surface area contributed by atoms with Crippen molar-refractivity contribution >= 4 is 22.6 Å². The van der Waals surface area contributed by atoms with Gasteiger partial charge in [-0.25, -0.2) is 9.37 Å². The summed E-state index contributed by atoms with van der Waals surface area (Å²) in [4.78, 5) is 22.0. The lowest BCUT2D eigenvalue weighted by Crippen LogP contribution is -2.37. The SMILES string of the molecule is CC#Cc1ccc(NC(=O)C(C)(C)[C@@H]2CC3C[C@H](c4ccnc5ccc(F)cc45)C[C@@H]3C2)nc1. The van der Waals surface area contributed by atoms with Crippen LogP contribution in [0.15, 0.2) is 48.8 Å². The molecule has 1 aromatic carbocycles. The van der Waals surface area contributed by atoms with E-state index >= 15 is 0 Å². The van der Waals surface area contributed by atoms with Gasteiger partial charge in [-0.05, 0) is 98.2 Å². The highest BCUT2D eigenvalue weighted by atomic mass is 19.1. The molecule has 0 aliphatic heterocycles. The molecule has 1 unspecified atom stereocenters. The third-order valence-corrected chi connectivity index (χ3v) is 8.07. The van der Waals surface area contributed by atoms with Gasteiger partial charge in [-0.1, -0.05) is 19.8 Å². The molecule has 2 fully saturated rings. The fraction of sp³-hybridized carbons (Fsp3) is 0.414. The summed E-state index contributed by atoms with van der Waals surface area (Å²) >= 11 is 0. The largest absolute Gasteiger partial charge is 0.310 e. The molecule has 0 saturated heterocycles. The topological polar surface area (TPSA) is 54.9 Å². The Bertz CT molecular complexity index is 1270. The summed E-state index contributed by atoms with van der Waals surface area (Å²) < 4.78 is 13.9. The van der Waals surface area contributed by atoms with Crippen molar-refractivity contribution in [1.82, 2.24) is 9.97 Å². The molecule has 0 spiro atoms. The molecule has 2 aromatic heterocycles. The highest BCUT2D eigenvalue weighted by molar-refractivity contribution is 5.94. The Labute approximate surface area is 200 Å². The number of hydrogen-bond donors (Lipinski definition) is 1. The summed E-state index contributed by atoms with van der Waals surface area (Å²) in [6.45, 7) is 5.90. The molecule has 2 saturated carbocycles. The lowest BCUT2D eigenvalue weighted by Gasteiger charge is -2.31. The minimum Gasteiger partial charge on any atom is -0.310 e. The van der Waals surface area contributed by atoms with E-state index in [0.717, 1.165) is 42.1 Å². The summed E-state index contributed by atoms with van der Waals surface area (Å²) in [5.41, 5.74) is 2.43. The maximum absolute atomic E-state index is 13.9. The quantitative estimate of drug-likeness (QED) is 0.468. The lowest BCUT2D eigenvalue weighted by molar-refractivity contribution is -0.126. The number of hydrogen-bond acceptors (Lipinski definition) is 3. The normalized spacial score (nSPS) is 23.9. The molecule has 3 aromatic rings. The van der Waals surface area contributed by atoms with Crippen molar-refractivity contribution in [2.75, 3.05) is 5.32 Å². The van der Waals surface area contributed by atoms with Crippen molar-refractivity contribution in [2.24, 2.45) is 23.2 Å². The maximum Gasteiger partial charge on any atom is 0.231 e. The standard InChI is InChI=1S/C29H30FN3O/c1-4-5-18-6-9-27(32-17-18)33-28(34)29(2,3)22-14-19-12-21(13-20(19)15-22)24-10-11-31-26-8-7-23(30)16-25(24)26/h6-11,16-17,19-22H,12-15H2,1-3H3,(H,32,33,34)/t19-,20?,21-,22+/m1/s1. The monoisotopic (exact) mass is 455 g/mol. The molecule has 2 aliphatic rings. The average molecular weight is 456 g/mol. The zero-order chi connectivity index (χ0) is 23.9. The molecule has 2 heterocycles. The Hall–Kier alpha value is -3.26. The van der Waals surface area contributed by atoms with Gasteiger partial charge in [0.2, 0.25) is 5.91 Å². The Morgan fingerprint density at radius 3 is 2.50 bits per heavy atom. The van der Waals surface area contributed by atoms with Crippen molar-refractivity contribution in [3.63, 3.8) is 0 Å². The predicted octanol–water partition coefficient (Wildman–Crippen LogP) is 6.33. The van der Waals surface area contributed by atoms with E-state index in [1.165, 1.54) is 11.6 Å². The number of pyridine rings is 2. The van der Waals surface area contributed by atoms with Crippen LogP contribution in [-0.4, -0.2) is 15.9 Å². The Balaban J connectivity index is 1.25. The van der Waals surface area contributed by atoms with E-state index in [-0.39, 0.29) is 11.7 Å². The second kappa shape index (κ2) is 8.83. The molecule has 1 amide bonds. The number of carbonyl (C=O) groups is 1. The summed E-state index contributed by atoms with van der Waals surface area (Å²) in [7, 11) is 0. The minimum absolute atomic E-state index is 0.0199. The van der Waals surface area contributed by atoms with Gasteiger partial charge in [0.1, 0.15) is 11.6 Å². The second-order valence-electron chi connectivity index (χ2n) is 10.4. The number of benzene rings is 1. The molecular formula is C29H30FN3O. The smallest absolute Gasteiger partial charge is 0.231 e. The number of fused-ring (bicyclic) bond motifs is 2. The second-order valence-corrected chi connectivity index (χ2v) is 10.4. The molecule has 34 heavy (non-hydrogen) atoms. The van der Waals surface area contributed by atoms with Crippen LogP contribution in [0.4, 0.5) is 10.2 Å². The minimum atomic E-state index is -0.476. The van der Waals surface area contributed by atoms with Crippen LogP contribution in [-0.2, 0) is 4.79 Å². The Morgan fingerprint density at radius 1 is 1.06 bits per heavy atom. The first kappa shape index (κ1) is 22.5. The Kier molecular flexibility index (Phi) is 5.85. The van der Waals surface area contributed by atoms with Crippen LogP contribution in [0.2, 0.25) is 0 Å². The average Bonchev–Trinajstić information content (AvgIpc) is 3.40. The third-order valence-electron chi connectivity index (χ3n) is 8.07. The van der Waals surface area contributed by atoms with Crippen LogP contribution in [0.25, 0.3) is 10.9 Å². The van der Waals surface area contributed by atoms with Crippen LogP contribution in [0.3, 0.4) is 0 Å². The molecule has 4 nitrogen and oxygen atoms in total. The number of anilines is 1. The number of rotatable bonds is 4. The zero-order valence-electron chi connectivity index (χ0n) is 19.9. The summed E-state index contributed by atoms with van der Waals surface area (Å²) in [5, 5.41) is 3.95. The first-order valence-electron chi connectivity index (χ1n) is 12.1. The van der Waals surface area contributed by atoms with Gasteiger partial charge in [-0.3, -0.25) is 9.78 Å². The molecule has 5 rings (SSSR count). The highest BCUT2D eigenvalue weighted by Gasteiger charge is 2.49. The fourth-order valence-corrected chi connectivity index (χ4v) is 6.10. The fourth-order valence-electron chi connectivity index (χ4n) is 6.10. The van der Waals surface area contributed by atoms with E-state index in [2.05, 4.69) is 47.0 Å². The van der Waals surface area contributed by atoms with E-state index in [1.807, 2.05) is 18.3 Å². The highest BCUT2D eigenvalue weighted by Crippen LogP contribution is 2.56. The van der Waals surface area contributed by atoms with E-state index < -0.39 is 5.41 Å². The van der Waals surface area contributed by atoms with Gasteiger partial charge in [0, 0.05) is 28.8 Å². The van der Waals surface area contributed by atoms with Crippen LogP contribution < -0.4 is 5.32 Å². The molecule has 0 radical (unpaired) electrons. The van der Waals surface area contributed by atoms with Crippen molar-refractivity contribution < 1.29 is 9.18 Å². The third kappa shape index (κ3) is 4.18. The predicted molar refractivity (Wildman–Crippen MR) is 133 cm³/mol. The number of amides is 1. The molecule has 174 valence electrons. The van der Waals surface area contributed by atoms with Gasteiger partial charge in [-0.2, -0.15) is 0 Å². The van der Waals surface area contributed by atoms with Crippen molar-refractivity contribution in [2.45, 2.75) is 52.4 Å². The molecule has 0 bridgehead atoms. The van der Waals surface area contributed by atoms with Gasteiger partial charge in [0.25, 0.3) is 0 Å². The van der Waals surface area contributed by atoms with Crippen molar-refractivity contribution in [3.05, 3.63) is 65.7 Å². The maximum atomic E-state index is 13.9. The van der Waals surface area contributed by atoms with Crippen molar-refractivity contribution in [3.8, 4) is 11.8 Å². The van der Waals surface area contributed by atoms with Crippen LogP contribution in [0.1, 0.15) is 63.5 Å². The number of aromatic nitrogens is 2. The molecule has 1 N–H and O–H groups in total. The molecular weight excluding hydrogens is 425 g/mol. The summed E-state index contributed by atoms with van der Waals surface area (Å²) in [6.07, 6.45) is 7.82. The molecule has 4 atom stereocenters. The first-order chi connectivity index (χ1) is 16.3. The first-order valence-corrected chi connectivity index (χ1v) is 12.1. The number of halogens is 1. The van der Waals surface area contributed by atoms with E-state index in [0.29, 0.717) is 29.5 Å². The van der Waals surface area contributed by atoms with Gasteiger partial charge < -0.3 is 5.32 Å². The zero-order valence-corrected chi connectivity index (χ0v) is 19.9. The summed E-state index contributed by atoms with van der Waals surface area (Å²) in [6, 6.07) is 10.6. The van der Waals surface area contributed by atoms with Crippen LogP contribution in [0.5, 0.6) is 0 Å². The van der Waals surface area contributed by atoms with E-state index in [9.17, 15) is 9.18 Å². The number of nitrogens with zero attached hydrogens (tertiary/aromatic N) is 2. The van der Waals surface area contributed by atoms with Crippen LogP contribution in [0, 0.1) is 40.8 Å². The molecule has 2 aliphatic carbocycles. The Morgan fingerprint density at radius 2 is 1.82 bits per heavy atom. The number of nitrogens with one attached hydrogen (secondary N) is 1. The van der Waals surface area contributed by atoms with E-state index in [4.69, 9.17) is 0 Å². The number of carbonyl (C=O) groups excluding carboxylic acids is 1. The van der Waals surface area contributed by atoms with Gasteiger partial charge in [-0.15, -0.1) is 5.92 Å². The van der Waals surface area contributed by atoms with Gasteiger partial charge in [0.05, 0.1) is 5.52 Å². The summed E-state index contributed by atoms with van der Waals surface area (Å²) in [5.74, 6) is 8.15. The van der Waals surface area contributed by atoms with Crippen LogP contribution >= 0.6 is 0 Å². The van der Waals surface area contributed by atoms with Gasteiger partial charge in [0.15, 0.2) is 0 Å². The van der Waals surface area contributed by atoms with Crippen molar-refractivity contribution in [1.29, 1.82) is 0 Å². The van der Waals surface area contributed by atoms with E-state index in [1.54, 1.807) is 25.3 Å². The van der Waals surface area contributed by atoms with Gasteiger partial charge >= 0.3 is 0 Å².